The van der Waals surface area contributed by atoms with E-state index in [2.05, 4.69) is 49.9 Å². The molecule has 1 rings (SSSR count). The molecule has 0 aromatic carbocycles. The van der Waals surface area contributed by atoms with Crippen LogP contribution in [0.25, 0.3) is 0 Å². The fourth-order valence-electron chi connectivity index (χ4n) is 8.67. The SMILES string of the molecule is CCCCCCCCCCCCCCCCCCCCCC[n+]1ccc(C(CCCCCCCCCCCC)CCCCCCCCCCCC)cc1. The molecule has 0 fully saturated rings. The van der Waals surface area contributed by atoms with Crippen LogP contribution in [0.15, 0.2) is 24.5 Å². The second-order valence-electron chi connectivity index (χ2n) is 17.7. The van der Waals surface area contributed by atoms with Crippen molar-refractivity contribution in [3.05, 3.63) is 30.1 Å². The average molecular weight is 739 g/mol. The molecule has 0 aliphatic carbocycles. The second-order valence-corrected chi connectivity index (χ2v) is 17.7. The van der Waals surface area contributed by atoms with E-state index in [0.717, 1.165) is 5.92 Å². The van der Waals surface area contributed by atoms with Gasteiger partial charge in [0.1, 0.15) is 6.54 Å². The van der Waals surface area contributed by atoms with Gasteiger partial charge in [0, 0.05) is 18.6 Å². The molecule has 0 amide bonds. The van der Waals surface area contributed by atoms with Crippen LogP contribution in [0.4, 0.5) is 0 Å². The molecule has 0 saturated heterocycles. The molecule has 0 bridgehead atoms. The molecular formula is C52H100N+. The lowest BCUT2D eigenvalue weighted by Gasteiger charge is -2.17. The lowest BCUT2D eigenvalue weighted by molar-refractivity contribution is -0.697. The van der Waals surface area contributed by atoms with Crippen LogP contribution in [-0.2, 0) is 6.54 Å². The van der Waals surface area contributed by atoms with Crippen LogP contribution < -0.4 is 4.57 Å². The van der Waals surface area contributed by atoms with Gasteiger partial charge in [-0.3, -0.25) is 0 Å². The summed E-state index contributed by atoms with van der Waals surface area (Å²) in [5, 5.41) is 0. The average Bonchev–Trinajstić information content (AvgIpc) is 3.18. The zero-order chi connectivity index (χ0) is 38.0. The van der Waals surface area contributed by atoms with E-state index in [0.29, 0.717) is 0 Å². The Bertz CT molecular complexity index is 774. The molecule has 0 N–H and O–H groups in total. The van der Waals surface area contributed by atoms with Crippen LogP contribution in [0.5, 0.6) is 0 Å². The van der Waals surface area contributed by atoms with E-state index >= 15 is 0 Å². The molecule has 0 aliphatic rings. The number of aryl methyl sites for hydroxylation is 1. The summed E-state index contributed by atoms with van der Waals surface area (Å²) in [5.41, 5.74) is 1.62. The van der Waals surface area contributed by atoms with Crippen LogP contribution in [0.1, 0.15) is 302 Å². The van der Waals surface area contributed by atoms with Gasteiger partial charge >= 0.3 is 0 Å². The summed E-state index contributed by atoms with van der Waals surface area (Å²) in [5.74, 6) is 0.771. The third kappa shape index (κ3) is 35.3. The fourth-order valence-corrected chi connectivity index (χ4v) is 8.67. The Morgan fingerprint density at radius 3 is 0.792 bits per heavy atom. The summed E-state index contributed by atoms with van der Waals surface area (Å²) in [6.45, 7) is 8.15. The topological polar surface area (TPSA) is 3.88 Å². The number of aromatic nitrogens is 1. The minimum Gasteiger partial charge on any atom is -0.205 e. The van der Waals surface area contributed by atoms with Gasteiger partial charge < -0.3 is 0 Å². The monoisotopic (exact) mass is 739 g/mol. The number of hydrogen-bond acceptors (Lipinski definition) is 0. The van der Waals surface area contributed by atoms with E-state index in [1.165, 1.54) is 276 Å². The smallest absolute Gasteiger partial charge is 0.169 e. The lowest BCUT2D eigenvalue weighted by Crippen LogP contribution is -2.32. The Morgan fingerprint density at radius 2 is 0.528 bits per heavy atom. The standard InChI is InChI=1S/C52H100N/c1-4-7-10-13-16-19-22-23-24-25-26-27-28-29-30-31-34-37-40-43-48-53-49-46-52(47-50-53)51(44-41-38-35-32-20-17-14-11-8-5-2)45-42-39-36-33-21-18-15-12-9-6-3/h46-47,49-51H,4-45,48H2,1-3H3/q+1. The Hall–Kier alpha value is -0.850. The summed E-state index contributed by atoms with van der Waals surface area (Å²) in [6, 6.07) is 4.99. The first kappa shape index (κ1) is 50.2. The number of pyridine rings is 1. The van der Waals surface area contributed by atoms with Crippen molar-refractivity contribution in [1.82, 2.24) is 0 Å². The van der Waals surface area contributed by atoms with E-state index in [9.17, 15) is 0 Å². The van der Waals surface area contributed by atoms with E-state index < -0.39 is 0 Å². The van der Waals surface area contributed by atoms with Crippen molar-refractivity contribution >= 4 is 0 Å². The van der Waals surface area contributed by atoms with Gasteiger partial charge in [0.05, 0.1) is 0 Å². The maximum Gasteiger partial charge on any atom is 0.169 e. The van der Waals surface area contributed by atoms with Gasteiger partial charge in [0.15, 0.2) is 12.4 Å². The largest absolute Gasteiger partial charge is 0.205 e. The van der Waals surface area contributed by atoms with Crippen molar-refractivity contribution in [3.8, 4) is 0 Å². The molecule has 0 spiro atoms. The number of unbranched alkanes of at least 4 members (excludes halogenated alkanes) is 37. The van der Waals surface area contributed by atoms with Crippen molar-refractivity contribution in [2.75, 3.05) is 0 Å². The van der Waals surface area contributed by atoms with Gasteiger partial charge in [0.2, 0.25) is 0 Å². The van der Waals surface area contributed by atoms with Crippen molar-refractivity contribution in [1.29, 1.82) is 0 Å². The summed E-state index contributed by atoms with van der Waals surface area (Å²) >= 11 is 0. The van der Waals surface area contributed by atoms with Crippen molar-refractivity contribution in [2.45, 2.75) is 303 Å². The van der Waals surface area contributed by atoms with Gasteiger partial charge in [-0.25, -0.2) is 4.57 Å². The minimum absolute atomic E-state index is 0.771. The normalized spacial score (nSPS) is 11.7. The van der Waals surface area contributed by atoms with Crippen molar-refractivity contribution in [2.24, 2.45) is 0 Å². The van der Waals surface area contributed by atoms with Crippen LogP contribution in [0.3, 0.4) is 0 Å². The van der Waals surface area contributed by atoms with Gasteiger partial charge in [-0.05, 0) is 30.7 Å². The summed E-state index contributed by atoms with van der Waals surface area (Å²) in [7, 11) is 0. The Balaban J connectivity index is 2.16. The molecule has 0 radical (unpaired) electrons. The van der Waals surface area contributed by atoms with Crippen LogP contribution in [-0.4, -0.2) is 0 Å². The highest BCUT2D eigenvalue weighted by molar-refractivity contribution is 5.13. The molecule has 1 aromatic heterocycles. The van der Waals surface area contributed by atoms with Gasteiger partial charge in [-0.15, -0.1) is 0 Å². The van der Waals surface area contributed by atoms with Crippen LogP contribution in [0.2, 0.25) is 0 Å². The molecule has 312 valence electrons. The Morgan fingerprint density at radius 1 is 0.302 bits per heavy atom. The van der Waals surface area contributed by atoms with E-state index in [1.54, 1.807) is 5.56 Å². The third-order valence-electron chi connectivity index (χ3n) is 12.5. The zero-order valence-corrected chi connectivity index (χ0v) is 37.2. The van der Waals surface area contributed by atoms with Gasteiger partial charge in [-0.1, -0.05) is 265 Å². The van der Waals surface area contributed by atoms with Crippen LogP contribution in [0, 0.1) is 0 Å². The molecule has 1 nitrogen and oxygen atoms in total. The number of hydrogen-bond donors (Lipinski definition) is 0. The van der Waals surface area contributed by atoms with Crippen molar-refractivity contribution in [3.63, 3.8) is 0 Å². The molecule has 0 unspecified atom stereocenters. The molecule has 1 aromatic rings. The van der Waals surface area contributed by atoms with Crippen LogP contribution >= 0.6 is 0 Å². The van der Waals surface area contributed by atoms with Gasteiger partial charge in [0.25, 0.3) is 0 Å². The molecule has 0 saturated carbocycles. The molecule has 1 heteroatoms. The van der Waals surface area contributed by atoms with E-state index in [1.807, 2.05) is 0 Å². The first-order valence-corrected chi connectivity index (χ1v) is 25.3. The molecular weight excluding hydrogens is 639 g/mol. The second kappa shape index (κ2) is 42.3. The molecule has 1 heterocycles. The molecule has 53 heavy (non-hydrogen) atoms. The number of rotatable bonds is 44. The number of nitrogens with zero attached hydrogens (tertiary/aromatic N) is 1. The quantitative estimate of drug-likeness (QED) is 0.0464. The Labute approximate surface area is 336 Å². The predicted molar refractivity (Wildman–Crippen MR) is 240 cm³/mol. The molecule has 0 aliphatic heterocycles. The highest BCUT2D eigenvalue weighted by Gasteiger charge is 2.13. The minimum atomic E-state index is 0.771. The summed E-state index contributed by atoms with van der Waals surface area (Å²) in [4.78, 5) is 0. The van der Waals surface area contributed by atoms with E-state index in [-0.39, 0.29) is 0 Å². The van der Waals surface area contributed by atoms with Gasteiger partial charge in [-0.2, -0.15) is 0 Å². The third-order valence-corrected chi connectivity index (χ3v) is 12.5. The maximum absolute atomic E-state index is 2.49. The summed E-state index contributed by atoms with van der Waals surface area (Å²) in [6.07, 6.45) is 65.5. The predicted octanol–water partition coefficient (Wildman–Crippen LogP) is 18.5. The zero-order valence-electron chi connectivity index (χ0n) is 37.2. The van der Waals surface area contributed by atoms with Crippen molar-refractivity contribution < 1.29 is 4.57 Å². The maximum atomic E-state index is 2.49. The lowest BCUT2D eigenvalue weighted by atomic mass is 9.88. The highest BCUT2D eigenvalue weighted by atomic mass is 14.9. The highest BCUT2D eigenvalue weighted by Crippen LogP contribution is 2.28. The summed E-state index contributed by atoms with van der Waals surface area (Å²) < 4.78 is 2.47. The first-order valence-electron chi connectivity index (χ1n) is 25.3. The Kier molecular flexibility index (Phi) is 40.0. The first-order chi connectivity index (χ1) is 26.3. The fraction of sp³-hybridized carbons (Fsp3) is 0.904. The van der Waals surface area contributed by atoms with E-state index in [4.69, 9.17) is 0 Å². The molecule has 0 atom stereocenters.